The van der Waals surface area contributed by atoms with Crippen LogP contribution < -0.4 is 11.1 Å². The van der Waals surface area contributed by atoms with E-state index in [1.165, 1.54) is 6.07 Å². The molecule has 104 valence electrons. The van der Waals surface area contributed by atoms with E-state index >= 15 is 0 Å². The molecule has 5 heteroatoms. The second kappa shape index (κ2) is 5.27. The van der Waals surface area contributed by atoms with Crippen LogP contribution in [-0.4, -0.2) is 29.4 Å². The molecule has 0 spiro atoms. The Bertz CT molecular complexity index is 488. The number of benzene rings is 1. The van der Waals surface area contributed by atoms with Gasteiger partial charge in [-0.25, -0.2) is 4.39 Å². The molecular formula is C14H20FN3O. The summed E-state index contributed by atoms with van der Waals surface area (Å²) in [7, 11) is 0. The summed E-state index contributed by atoms with van der Waals surface area (Å²) in [6.07, 6.45) is 0. The topological polar surface area (TPSA) is 58.4 Å². The average molecular weight is 265 g/mol. The lowest BCUT2D eigenvalue weighted by molar-refractivity contribution is -0.135. The van der Waals surface area contributed by atoms with Gasteiger partial charge in [-0.05, 0) is 25.5 Å². The highest BCUT2D eigenvalue weighted by Crippen LogP contribution is 2.22. The highest BCUT2D eigenvalue weighted by Gasteiger charge is 2.37. The Morgan fingerprint density at radius 1 is 1.47 bits per heavy atom. The van der Waals surface area contributed by atoms with Gasteiger partial charge in [-0.1, -0.05) is 12.1 Å². The van der Waals surface area contributed by atoms with E-state index in [1.807, 2.05) is 24.8 Å². The number of halogens is 1. The standard InChI is InChI=1S/C14H20FN3O/c1-14(2)13(19)17-5-6-18(14)9-11-4-3-10(8-16)7-12(11)15/h3-4,7H,5-6,8-9,16H2,1-2H3,(H,17,19). The van der Waals surface area contributed by atoms with Crippen LogP contribution in [0.2, 0.25) is 0 Å². The summed E-state index contributed by atoms with van der Waals surface area (Å²) < 4.78 is 14.0. The summed E-state index contributed by atoms with van der Waals surface area (Å²) in [6.45, 7) is 5.79. The molecule has 0 atom stereocenters. The lowest BCUT2D eigenvalue weighted by atomic mass is 9.97. The lowest BCUT2D eigenvalue weighted by Gasteiger charge is -2.41. The monoisotopic (exact) mass is 265 g/mol. The first-order chi connectivity index (χ1) is 8.95. The third-order valence-electron chi connectivity index (χ3n) is 3.73. The number of nitrogens with two attached hydrogens (primary N) is 1. The van der Waals surface area contributed by atoms with Crippen molar-refractivity contribution in [1.29, 1.82) is 0 Å². The highest BCUT2D eigenvalue weighted by molar-refractivity contribution is 5.86. The van der Waals surface area contributed by atoms with E-state index in [0.29, 0.717) is 25.2 Å². The number of amides is 1. The fourth-order valence-electron chi connectivity index (χ4n) is 2.27. The molecule has 1 aromatic carbocycles. The van der Waals surface area contributed by atoms with E-state index in [-0.39, 0.29) is 11.7 Å². The second-order valence-electron chi connectivity index (χ2n) is 5.37. The van der Waals surface area contributed by atoms with Gasteiger partial charge >= 0.3 is 0 Å². The number of carbonyl (C=O) groups excluding carboxylic acids is 1. The Morgan fingerprint density at radius 3 is 2.84 bits per heavy atom. The molecule has 1 aliphatic heterocycles. The van der Waals surface area contributed by atoms with Crippen LogP contribution in [0.15, 0.2) is 18.2 Å². The number of nitrogens with one attached hydrogen (secondary N) is 1. The maximum absolute atomic E-state index is 14.0. The fraction of sp³-hybridized carbons (Fsp3) is 0.500. The minimum Gasteiger partial charge on any atom is -0.353 e. The smallest absolute Gasteiger partial charge is 0.240 e. The molecule has 0 aliphatic carbocycles. The first-order valence-corrected chi connectivity index (χ1v) is 6.46. The quantitative estimate of drug-likeness (QED) is 0.857. The molecule has 1 fully saturated rings. The van der Waals surface area contributed by atoms with Crippen LogP contribution in [0.4, 0.5) is 4.39 Å². The number of piperazine rings is 1. The number of hydrogen-bond acceptors (Lipinski definition) is 3. The summed E-state index contributed by atoms with van der Waals surface area (Å²) in [5.41, 5.74) is 6.24. The van der Waals surface area contributed by atoms with Gasteiger partial charge in [-0.15, -0.1) is 0 Å². The van der Waals surface area contributed by atoms with E-state index in [4.69, 9.17) is 5.73 Å². The predicted molar refractivity (Wildman–Crippen MR) is 71.8 cm³/mol. The zero-order valence-corrected chi connectivity index (χ0v) is 11.4. The number of carbonyl (C=O) groups is 1. The van der Waals surface area contributed by atoms with E-state index in [2.05, 4.69) is 5.32 Å². The van der Waals surface area contributed by atoms with Crippen molar-refractivity contribution in [2.45, 2.75) is 32.5 Å². The van der Waals surface area contributed by atoms with Crippen molar-refractivity contribution in [2.24, 2.45) is 5.73 Å². The summed E-state index contributed by atoms with van der Waals surface area (Å²) in [6, 6.07) is 5.04. The van der Waals surface area contributed by atoms with E-state index in [9.17, 15) is 9.18 Å². The second-order valence-corrected chi connectivity index (χ2v) is 5.37. The normalized spacial score (nSPS) is 19.3. The number of nitrogens with zero attached hydrogens (tertiary/aromatic N) is 1. The van der Waals surface area contributed by atoms with Gasteiger partial charge in [-0.3, -0.25) is 9.69 Å². The summed E-state index contributed by atoms with van der Waals surface area (Å²) in [4.78, 5) is 13.8. The SMILES string of the molecule is CC1(C)C(=O)NCCN1Cc1ccc(CN)cc1F. The fourth-order valence-corrected chi connectivity index (χ4v) is 2.27. The molecular weight excluding hydrogens is 245 g/mol. The summed E-state index contributed by atoms with van der Waals surface area (Å²) in [5, 5.41) is 2.83. The predicted octanol–water partition coefficient (Wildman–Crippen LogP) is 0.995. The number of rotatable bonds is 3. The zero-order chi connectivity index (χ0) is 14.0. The molecule has 0 radical (unpaired) electrons. The highest BCUT2D eigenvalue weighted by atomic mass is 19.1. The maximum atomic E-state index is 14.0. The van der Waals surface area contributed by atoms with Gasteiger partial charge in [0.2, 0.25) is 5.91 Å². The molecule has 1 amide bonds. The third-order valence-corrected chi connectivity index (χ3v) is 3.73. The van der Waals surface area contributed by atoms with Crippen LogP contribution in [0, 0.1) is 5.82 Å². The molecule has 3 N–H and O–H groups in total. The van der Waals surface area contributed by atoms with Crippen LogP contribution in [0.5, 0.6) is 0 Å². The molecule has 1 aliphatic rings. The largest absolute Gasteiger partial charge is 0.353 e. The molecule has 0 aromatic heterocycles. The number of hydrogen-bond donors (Lipinski definition) is 2. The minimum atomic E-state index is -0.614. The van der Waals surface area contributed by atoms with E-state index < -0.39 is 5.54 Å². The minimum absolute atomic E-state index is 0.0160. The Kier molecular flexibility index (Phi) is 3.87. The molecule has 1 aromatic rings. The molecule has 0 bridgehead atoms. The Labute approximate surface area is 112 Å². The van der Waals surface area contributed by atoms with Crippen molar-refractivity contribution in [3.05, 3.63) is 35.1 Å². The van der Waals surface area contributed by atoms with Crippen molar-refractivity contribution in [3.63, 3.8) is 0 Å². The lowest BCUT2D eigenvalue weighted by Crippen LogP contribution is -2.61. The molecule has 2 rings (SSSR count). The first-order valence-electron chi connectivity index (χ1n) is 6.46. The third kappa shape index (κ3) is 2.77. The zero-order valence-electron chi connectivity index (χ0n) is 11.4. The molecule has 4 nitrogen and oxygen atoms in total. The first kappa shape index (κ1) is 14.0. The molecule has 1 saturated heterocycles. The van der Waals surface area contributed by atoms with Gasteiger partial charge in [-0.2, -0.15) is 0 Å². The van der Waals surface area contributed by atoms with E-state index in [0.717, 1.165) is 12.1 Å². The van der Waals surface area contributed by atoms with Crippen LogP contribution in [0.25, 0.3) is 0 Å². The Morgan fingerprint density at radius 2 is 2.21 bits per heavy atom. The van der Waals surface area contributed by atoms with Crippen LogP contribution in [-0.2, 0) is 17.9 Å². The summed E-state index contributed by atoms with van der Waals surface area (Å²) >= 11 is 0. The van der Waals surface area contributed by atoms with Crippen molar-refractivity contribution >= 4 is 5.91 Å². The van der Waals surface area contributed by atoms with Gasteiger partial charge in [0.05, 0.1) is 5.54 Å². The van der Waals surface area contributed by atoms with Gasteiger partial charge in [0.15, 0.2) is 0 Å². The Hall–Kier alpha value is -1.46. The van der Waals surface area contributed by atoms with Crippen LogP contribution in [0.1, 0.15) is 25.0 Å². The molecule has 0 unspecified atom stereocenters. The van der Waals surface area contributed by atoms with Crippen molar-refractivity contribution in [3.8, 4) is 0 Å². The van der Waals surface area contributed by atoms with Gasteiger partial charge in [0.25, 0.3) is 0 Å². The van der Waals surface area contributed by atoms with Crippen molar-refractivity contribution < 1.29 is 9.18 Å². The molecule has 0 saturated carbocycles. The van der Waals surface area contributed by atoms with Gasteiger partial charge < -0.3 is 11.1 Å². The maximum Gasteiger partial charge on any atom is 0.240 e. The average Bonchev–Trinajstić information content (AvgIpc) is 2.37. The van der Waals surface area contributed by atoms with Gasteiger partial charge in [0.1, 0.15) is 5.82 Å². The van der Waals surface area contributed by atoms with Crippen LogP contribution in [0.3, 0.4) is 0 Å². The van der Waals surface area contributed by atoms with Crippen molar-refractivity contribution in [2.75, 3.05) is 13.1 Å². The summed E-state index contributed by atoms with van der Waals surface area (Å²) in [5.74, 6) is -0.275. The van der Waals surface area contributed by atoms with Crippen molar-refractivity contribution in [1.82, 2.24) is 10.2 Å². The van der Waals surface area contributed by atoms with E-state index in [1.54, 1.807) is 6.07 Å². The molecule has 1 heterocycles. The van der Waals surface area contributed by atoms with Gasteiger partial charge in [0, 0.05) is 31.7 Å². The van der Waals surface area contributed by atoms with Crippen LogP contribution >= 0.6 is 0 Å². The Balaban J connectivity index is 2.18. The molecule has 19 heavy (non-hydrogen) atoms.